The van der Waals surface area contributed by atoms with E-state index in [1.807, 2.05) is 0 Å². The Morgan fingerprint density at radius 3 is 2.58 bits per heavy atom. The van der Waals surface area contributed by atoms with Crippen LogP contribution in [0.15, 0.2) is 46.3 Å². The lowest BCUT2D eigenvalue weighted by atomic mass is 10.1. The van der Waals surface area contributed by atoms with Crippen molar-refractivity contribution in [3.8, 4) is 0 Å². The number of hydrogen-bond acceptors (Lipinski definition) is 8. The minimum absolute atomic E-state index is 0.00649. The summed E-state index contributed by atoms with van der Waals surface area (Å²) in [5.74, 6) is -0.141. The Labute approximate surface area is 224 Å². The van der Waals surface area contributed by atoms with E-state index in [2.05, 4.69) is 27.0 Å². The van der Waals surface area contributed by atoms with Gasteiger partial charge in [-0.25, -0.2) is 18.2 Å². The molecule has 13 heteroatoms. The van der Waals surface area contributed by atoms with E-state index in [-0.39, 0.29) is 29.7 Å². The lowest BCUT2D eigenvalue weighted by Crippen LogP contribution is -2.50. The van der Waals surface area contributed by atoms with Crippen LogP contribution in [-0.4, -0.2) is 79.8 Å². The molecule has 200 valence electrons. The summed E-state index contributed by atoms with van der Waals surface area (Å²) in [6.45, 7) is 3.81. The number of rotatable bonds is 4. The molecule has 1 atom stereocenters. The highest BCUT2D eigenvalue weighted by Crippen LogP contribution is 2.27. The van der Waals surface area contributed by atoms with Crippen molar-refractivity contribution < 1.29 is 22.7 Å². The van der Waals surface area contributed by atoms with Crippen LogP contribution in [-0.2, 0) is 27.7 Å². The number of ether oxygens (including phenoxy) is 1. The molecule has 2 aliphatic rings. The van der Waals surface area contributed by atoms with Crippen LogP contribution in [0.1, 0.15) is 32.9 Å². The number of nitrogens with two attached hydrogens (primary N) is 1. The Bertz CT molecular complexity index is 1540. The van der Waals surface area contributed by atoms with Gasteiger partial charge in [0, 0.05) is 55.6 Å². The first-order valence-electron chi connectivity index (χ1n) is 12.1. The van der Waals surface area contributed by atoms with Gasteiger partial charge in [0.15, 0.2) is 5.01 Å². The van der Waals surface area contributed by atoms with E-state index in [4.69, 9.17) is 5.73 Å². The van der Waals surface area contributed by atoms with Gasteiger partial charge in [-0.1, -0.05) is 18.2 Å². The molecular formula is C25H28N6O5S2. The van der Waals surface area contributed by atoms with Gasteiger partial charge in [0.05, 0.1) is 17.7 Å². The van der Waals surface area contributed by atoms with Crippen molar-refractivity contribution in [2.75, 3.05) is 33.3 Å². The minimum atomic E-state index is -3.76. The minimum Gasteiger partial charge on any atom is -0.451 e. The van der Waals surface area contributed by atoms with Gasteiger partial charge in [-0.3, -0.25) is 4.79 Å². The van der Waals surface area contributed by atoms with Gasteiger partial charge < -0.3 is 20.7 Å². The number of amidine groups is 1. The van der Waals surface area contributed by atoms with Crippen molar-refractivity contribution in [2.45, 2.75) is 30.8 Å². The fourth-order valence-corrected chi connectivity index (χ4v) is 7.04. The molecule has 3 heterocycles. The highest BCUT2D eigenvalue weighted by atomic mass is 32.2. The first kappa shape index (κ1) is 26.2. The molecule has 3 aromatic rings. The number of amides is 2. The van der Waals surface area contributed by atoms with Crippen LogP contribution in [0, 0.1) is 0 Å². The highest BCUT2D eigenvalue weighted by Gasteiger charge is 2.32. The molecule has 1 aromatic heterocycles. The monoisotopic (exact) mass is 556 g/mol. The third kappa shape index (κ3) is 5.14. The second kappa shape index (κ2) is 10.4. The Morgan fingerprint density at radius 1 is 1.13 bits per heavy atom. The third-order valence-corrected chi connectivity index (χ3v) is 9.71. The summed E-state index contributed by atoms with van der Waals surface area (Å²) in [5.41, 5.74) is 7.37. The van der Waals surface area contributed by atoms with Gasteiger partial charge >= 0.3 is 6.09 Å². The molecule has 0 radical (unpaired) electrons. The lowest BCUT2D eigenvalue weighted by molar-refractivity contribution is 0.0697. The quantitative estimate of drug-likeness (QED) is 0.366. The molecule has 2 aromatic carbocycles. The third-order valence-electron chi connectivity index (χ3n) is 6.73. The Kier molecular flexibility index (Phi) is 7.18. The number of aliphatic imine (C=N–C) groups is 1. The zero-order chi connectivity index (χ0) is 27.0. The zero-order valence-electron chi connectivity index (χ0n) is 21.0. The summed E-state index contributed by atoms with van der Waals surface area (Å²) < 4.78 is 32.7. The molecule has 2 aliphatic heterocycles. The predicted molar refractivity (Wildman–Crippen MR) is 144 cm³/mol. The average molecular weight is 557 g/mol. The smallest absolute Gasteiger partial charge is 0.435 e. The van der Waals surface area contributed by atoms with Gasteiger partial charge in [0.2, 0.25) is 10.0 Å². The lowest BCUT2D eigenvalue weighted by Gasteiger charge is -2.33. The molecule has 0 saturated carbocycles. The van der Waals surface area contributed by atoms with Crippen LogP contribution in [0.2, 0.25) is 0 Å². The van der Waals surface area contributed by atoms with E-state index in [9.17, 15) is 18.0 Å². The fourth-order valence-electron chi connectivity index (χ4n) is 4.57. The number of carbonyl (C=O) groups is 2. The standard InChI is InChI=1S/C25H28N6O5S2/c1-15-11-20-21(14-27-15)37-23(28-20)24(32)30-7-9-31(10-8-30)38(34,35)19-6-5-16-12-18(4-3-17(16)13-19)22(26)29-25(33)36-2/h3-6,12-13,15,27H,7-11,14H2,1-2H3,(H2,26,29,33). The first-order chi connectivity index (χ1) is 18.2. The van der Waals surface area contributed by atoms with Crippen molar-refractivity contribution in [3.63, 3.8) is 0 Å². The van der Waals surface area contributed by atoms with E-state index < -0.39 is 16.1 Å². The van der Waals surface area contributed by atoms with Gasteiger partial charge in [-0.2, -0.15) is 9.30 Å². The summed E-state index contributed by atoms with van der Waals surface area (Å²) in [4.78, 5) is 35.6. The maximum absolute atomic E-state index is 13.4. The van der Waals surface area contributed by atoms with Gasteiger partial charge in [0.25, 0.3) is 5.91 Å². The van der Waals surface area contributed by atoms with E-state index in [1.54, 1.807) is 41.3 Å². The number of methoxy groups -OCH3 is 1. The number of sulfonamides is 1. The second-order valence-electron chi connectivity index (χ2n) is 9.26. The molecule has 2 amide bonds. The van der Waals surface area contributed by atoms with Crippen LogP contribution >= 0.6 is 11.3 Å². The summed E-state index contributed by atoms with van der Waals surface area (Å²) >= 11 is 1.42. The molecule has 1 saturated heterocycles. The number of piperazine rings is 1. The molecule has 5 rings (SSSR count). The van der Waals surface area contributed by atoms with Crippen LogP contribution < -0.4 is 11.1 Å². The summed E-state index contributed by atoms with van der Waals surface area (Å²) in [5, 5.41) is 5.29. The van der Waals surface area contributed by atoms with Crippen molar-refractivity contribution in [1.82, 2.24) is 19.5 Å². The molecule has 3 N–H and O–H groups in total. The van der Waals surface area contributed by atoms with Gasteiger partial charge in [-0.05, 0) is 35.9 Å². The zero-order valence-corrected chi connectivity index (χ0v) is 22.6. The van der Waals surface area contributed by atoms with Crippen molar-refractivity contribution in [1.29, 1.82) is 0 Å². The molecule has 1 unspecified atom stereocenters. The average Bonchev–Trinajstić information content (AvgIpc) is 3.35. The van der Waals surface area contributed by atoms with Crippen LogP contribution in [0.3, 0.4) is 0 Å². The topological polar surface area (TPSA) is 147 Å². The van der Waals surface area contributed by atoms with Crippen molar-refractivity contribution in [2.24, 2.45) is 10.7 Å². The molecule has 38 heavy (non-hydrogen) atoms. The number of fused-ring (bicyclic) bond motifs is 2. The molecule has 1 fully saturated rings. The molecule has 0 bridgehead atoms. The molecule has 0 spiro atoms. The van der Waals surface area contributed by atoms with Crippen molar-refractivity contribution >= 4 is 50.0 Å². The number of hydrogen-bond donors (Lipinski definition) is 2. The van der Waals surface area contributed by atoms with Crippen LogP contribution in [0.25, 0.3) is 10.8 Å². The number of benzene rings is 2. The summed E-state index contributed by atoms with van der Waals surface area (Å²) in [7, 11) is -2.54. The highest BCUT2D eigenvalue weighted by molar-refractivity contribution is 7.89. The number of nitrogens with zero attached hydrogens (tertiary/aromatic N) is 4. The second-order valence-corrected chi connectivity index (χ2v) is 12.3. The number of carbonyl (C=O) groups excluding carboxylic acids is 2. The van der Waals surface area contributed by atoms with Crippen LogP contribution in [0.5, 0.6) is 0 Å². The number of thiazole rings is 1. The van der Waals surface area contributed by atoms with Crippen LogP contribution in [0.4, 0.5) is 4.79 Å². The fraction of sp³-hybridized carbons (Fsp3) is 0.360. The van der Waals surface area contributed by atoms with Crippen molar-refractivity contribution in [3.05, 3.63) is 57.5 Å². The maximum atomic E-state index is 13.4. The van der Waals surface area contributed by atoms with Gasteiger partial charge in [0.1, 0.15) is 5.84 Å². The summed E-state index contributed by atoms with van der Waals surface area (Å²) in [6.07, 6.45) is -0.00399. The molecular weight excluding hydrogens is 528 g/mol. The Balaban J connectivity index is 1.27. The number of aromatic nitrogens is 1. The Morgan fingerprint density at radius 2 is 1.84 bits per heavy atom. The Hall–Kier alpha value is -3.39. The summed E-state index contributed by atoms with van der Waals surface area (Å²) in [6, 6.07) is 10.3. The largest absolute Gasteiger partial charge is 0.451 e. The van der Waals surface area contributed by atoms with Gasteiger partial charge in [-0.15, -0.1) is 11.3 Å². The van der Waals surface area contributed by atoms with E-state index in [0.717, 1.165) is 28.9 Å². The SMILES string of the molecule is COC(=O)/N=C(/N)c1ccc2cc(S(=O)(=O)N3CCN(C(=O)c4nc5c(s4)CNC(C)C5)CC3)ccc2c1. The maximum Gasteiger partial charge on any atom is 0.435 e. The number of nitrogens with one attached hydrogen (secondary N) is 1. The van der Waals surface area contributed by atoms with E-state index in [1.165, 1.54) is 22.8 Å². The normalized spacial score (nSPS) is 18.8. The predicted octanol–water partition coefficient (Wildman–Crippen LogP) is 1.95. The van der Waals surface area contributed by atoms with E-state index in [0.29, 0.717) is 35.1 Å². The molecule has 11 nitrogen and oxygen atoms in total. The first-order valence-corrected chi connectivity index (χ1v) is 14.4. The van der Waals surface area contributed by atoms with E-state index >= 15 is 0 Å². The molecule has 0 aliphatic carbocycles.